The zero-order valence-electron chi connectivity index (χ0n) is 11.5. The second-order valence-electron chi connectivity index (χ2n) is 4.91. The number of halogens is 1. The molecule has 2 aromatic rings. The number of aryl methyl sites for hydroxylation is 1. The molecule has 1 N–H and O–H groups in total. The molecule has 1 unspecified atom stereocenters. The van der Waals surface area contributed by atoms with Crippen molar-refractivity contribution in [1.29, 1.82) is 0 Å². The Bertz CT molecular complexity index is 519. The lowest BCUT2D eigenvalue weighted by Crippen LogP contribution is -2.13. The third-order valence-electron chi connectivity index (χ3n) is 3.40. The van der Waals surface area contributed by atoms with Gasteiger partial charge in [-0.05, 0) is 50.2 Å². The number of nitrogens with one attached hydrogen (secondary N) is 1. The quantitative estimate of drug-likeness (QED) is 0.852. The van der Waals surface area contributed by atoms with Crippen molar-refractivity contribution < 1.29 is 0 Å². The average Bonchev–Trinajstić information content (AvgIpc) is 2.41. The van der Waals surface area contributed by atoms with E-state index in [9.17, 15) is 0 Å². The van der Waals surface area contributed by atoms with Gasteiger partial charge < -0.3 is 5.32 Å². The van der Waals surface area contributed by atoms with Crippen molar-refractivity contribution in [3.05, 3.63) is 70.2 Å². The molecule has 2 heteroatoms. The molecule has 0 aromatic heterocycles. The monoisotopic (exact) mass is 273 g/mol. The number of benzene rings is 2. The van der Waals surface area contributed by atoms with E-state index in [4.69, 9.17) is 11.6 Å². The molecule has 0 aliphatic rings. The first-order valence-corrected chi connectivity index (χ1v) is 7.05. The Morgan fingerprint density at radius 3 is 2.42 bits per heavy atom. The van der Waals surface area contributed by atoms with Crippen LogP contribution < -0.4 is 5.32 Å². The summed E-state index contributed by atoms with van der Waals surface area (Å²) in [7, 11) is 2.00. The number of hydrogen-bond acceptors (Lipinski definition) is 1. The van der Waals surface area contributed by atoms with Crippen LogP contribution in [0.25, 0.3) is 0 Å². The molecule has 0 radical (unpaired) electrons. The van der Waals surface area contributed by atoms with Crippen LogP contribution in [-0.2, 0) is 0 Å². The summed E-state index contributed by atoms with van der Waals surface area (Å²) in [5.74, 6) is 0.421. The van der Waals surface area contributed by atoms with Crippen LogP contribution in [0.3, 0.4) is 0 Å². The molecule has 0 saturated heterocycles. The van der Waals surface area contributed by atoms with Crippen molar-refractivity contribution in [2.24, 2.45) is 0 Å². The normalized spacial score (nSPS) is 12.4. The van der Waals surface area contributed by atoms with Crippen molar-refractivity contribution in [2.45, 2.75) is 19.3 Å². The minimum atomic E-state index is 0.421. The Morgan fingerprint density at radius 1 is 1.05 bits per heavy atom. The van der Waals surface area contributed by atoms with Gasteiger partial charge in [0, 0.05) is 10.9 Å². The fourth-order valence-electron chi connectivity index (χ4n) is 2.40. The van der Waals surface area contributed by atoms with Gasteiger partial charge in [0.15, 0.2) is 0 Å². The molecule has 0 aliphatic heterocycles. The summed E-state index contributed by atoms with van der Waals surface area (Å²) in [6.07, 6.45) is 1.08. The maximum absolute atomic E-state index is 5.98. The van der Waals surface area contributed by atoms with Crippen molar-refractivity contribution >= 4 is 11.6 Å². The van der Waals surface area contributed by atoms with E-state index < -0.39 is 0 Å². The highest BCUT2D eigenvalue weighted by Crippen LogP contribution is 2.29. The van der Waals surface area contributed by atoms with Crippen LogP contribution >= 0.6 is 11.6 Å². The Morgan fingerprint density at radius 2 is 1.79 bits per heavy atom. The smallest absolute Gasteiger partial charge is 0.0406 e. The fourth-order valence-corrected chi connectivity index (χ4v) is 2.52. The van der Waals surface area contributed by atoms with E-state index in [2.05, 4.69) is 48.6 Å². The Balaban J connectivity index is 2.32. The van der Waals surface area contributed by atoms with E-state index in [1.165, 1.54) is 16.7 Å². The zero-order valence-corrected chi connectivity index (χ0v) is 12.2. The van der Waals surface area contributed by atoms with Gasteiger partial charge in [-0.15, -0.1) is 0 Å². The van der Waals surface area contributed by atoms with Gasteiger partial charge in [-0.25, -0.2) is 0 Å². The Labute approximate surface area is 120 Å². The van der Waals surface area contributed by atoms with Gasteiger partial charge in [0.1, 0.15) is 0 Å². The second-order valence-corrected chi connectivity index (χ2v) is 5.35. The predicted molar refractivity (Wildman–Crippen MR) is 83.0 cm³/mol. The fraction of sp³-hybridized carbons (Fsp3) is 0.294. The number of rotatable bonds is 5. The molecular weight excluding hydrogens is 254 g/mol. The van der Waals surface area contributed by atoms with Crippen LogP contribution in [-0.4, -0.2) is 13.6 Å². The summed E-state index contributed by atoms with van der Waals surface area (Å²) < 4.78 is 0. The second kappa shape index (κ2) is 6.74. The van der Waals surface area contributed by atoms with E-state index in [0.29, 0.717) is 5.92 Å². The summed E-state index contributed by atoms with van der Waals surface area (Å²) in [6, 6.07) is 17.0. The summed E-state index contributed by atoms with van der Waals surface area (Å²) >= 11 is 5.98. The standard InChI is InChI=1S/C17H20ClN/c1-13-4-3-5-15(12-13)17(10-11-19-2)14-6-8-16(18)9-7-14/h3-9,12,17,19H,10-11H2,1-2H3. The lowest BCUT2D eigenvalue weighted by atomic mass is 9.88. The summed E-state index contributed by atoms with van der Waals surface area (Å²) in [4.78, 5) is 0. The predicted octanol–water partition coefficient (Wildman–Crippen LogP) is 4.39. The van der Waals surface area contributed by atoms with E-state index >= 15 is 0 Å². The van der Waals surface area contributed by atoms with Gasteiger partial charge in [-0.3, -0.25) is 0 Å². The largest absolute Gasteiger partial charge is 0.320 e. The third-order valence-corrected chi connectivity index (χ3v) is 3.65. The van der Waals surface area contributed by atoms with E-state index in [0.717, 1.165) is 18.0 Å². The van der Waals surface area contributed by atoms with Crippen LogP contribution in [0.2, 0.25) is 5.02 Å². The molecule has 1 atom stereocenters. The van der Waals surface area contributed by atoms with Crippen molar-refractivity contribution in [3.8, 4) is 0 Å². The Hall–Kier alpha value is -1.31. The van der Waals surface area contributed by atoms with Gasteiger partial charge >= 0.3 is 0 Å². The first-order chi connectivity index (χ1) is 9.20. The minimum Gasteiger partial charge on any atom is -0.320 e. The molecule has 0 aliphatic carbocycles. The number of hydrogen-bond donors (Lipinski definition) is 1. The molecule has 1 nitrogen and oxygen atoms in total. The maximum Gasteiger partial charge on any atom is 0.0406 e. The van der Waals surface area contributed by atoms with Crippen LogP contribution in [0.1, 0.15) is 29.0 Å². The summed E-state index contributed by atoms with van der Waals surface area (Å²) in [5, 5.41) is 4.03. The Kier molecular flexibility index (Phi) is 5.00. The summed E-state index contributed by atoms with van der Waals surface area (Å²) in [5.41, 5.74) is 4.00. The molecule has 0 amide bonds. The van der Waals surface area contributed by atoms with Crippen molar-refractivity contribution in [3.63, 3.8) is 0 Å². The van der Waals surface area contributed by atoms with E-state index in [-0.39, 0.29) is 0 Å². The highest BCUT2D eigenvalue weighted by atomic mass is 35.5. The molecule has 2 aromatic carbocycles. The minimum absolute atomic E-state index is 0.421. The van der Waals surface area contributed by atoms with Gasteiger partial charge in [0.25, 0.3) is 0 Å². The molecule has 0 spiro atoms. The van der Waals surface area contributed by atoms with E-state index in [1.807, 2.05) is 19.2 Å². The van der Waals surface area contributed by atoms with Gasteiger partial charge in [-0.1, -0.05) is 53.6 Å². The third kappa shape index (κ3) is 3.82. The summed E-state index contributed by atoms with van der Waals surface area (Å²) in [6.45, 7) is 3.14. The van der Waals surface area contributed by atoms with Crippen LogP contribution in [0.15, 0.2) is 48.5 Å². The molecular formula is C17H20ClN. The van der Waals surface area contributed by atoms with E-state index in [1.54, 1.807) is 0 Å². The molecule has 0 heterocycles. The molecule has 0 bridgehead atoms. The molecule has 19 heavy (non-hydrogen) atoms. The molecule has 2 rings (SSSR count). The van der Waals surface area contributed by atoms with Crippen molar-refractivity contribution in [2.75, 3.05) is 13.6 Å². The van der Waals surface area contributed by atoms with Crippen molar-refractivity contribution in [1.82, 2.24) is 5.32 Å². The van der Waals surface area contributed by atoms with Gasteiger partial charge in [0.2, 0.25) is 0 Å². The van der Waals surface area contributed by atoms with Crippen LogP contribution in [0, 0.1) is 6.92 Å². The molecule has 0 fully saturated rings. The maximum atomic E-state index is 5.98. The SMILES string of the molecule is CNCCC(c1ccc(Cl)cc1)c1cccc(C)c1. The molecule has 100 valence electrons. The zero-order chi connectivity index (χ0) is 13.7. The highest BCUT2D eigenvalue weighted by Gasteiger charge is 2.13. The lowest BCUT2D eigenvalue weighted by molar-refractivity contribution is 0.661. The highest BCUT2D eigenvalue weighted by molar-refractivity contribution is 6.30. The molecule has 0 saturated carbocycles. The topological polar surface area (TPSA) is 12.0 Å². The van der Waals surface area contributed by atoms with Gasteiger partial charge in [-0.2, -0.15) is 0 Å². The lowest BCUT2D eigenvalue weighted by Gasteiger charge is -2.18. The first-order valence-electron chi connectivity index (χ1n) is 6.67. The first kappa shape index (κ1) is 14.1. The van der Waals surface area contributed by atoms with Crippen LogP contribution in [0.4, 0.5) is 0 Å². The van der Waals surface area contributed by atoms with Crippen LogP contribution in [0.5, 0.6) is 0 Å². The average molecular weight is 274 g/mol. The van der Waals surface area contributed by atoms with Gasteiger partial charge in [0.05, 0.1) is 0 Å².